The Balaban J connectivity index is 1.63. The van der Waals surface area contributed by atoms with Gasteiger partial charge in [-0.2, -0.15) is 0 Å². The molecule has 1 aliphatic rings. The zero-order chi connectivity index (χ0) is 23.4. The molecule has 33 heavy (non-hydrogen) atoms. The fraction of sp³-hybridized carbons (Fsp3) is 0.400. The van der Waals surface area contributed by atoms with Crippen molar-refractivity contribution in [1.29, 1.82) is 0 Å². The number of methoxy groups -OCH3 is 1. The molecule has 0 unspecified atom stereocenters. The third-order valence-corrected chi connectivity index (χ3v) is 5.75. The summed E-state index contributed by atoms with van der Waals surface area (Å²) in [5.74, 6) is 2.49. The van der Waals surface area contributed by atoms with Crippen molar-refractivity contribution in [3.63, 3.8) is 0 Å². The van der Waals surface area contributed by atoms with Crippen LogP contribution in [0.2, 0.25) is 0 Å². The summed E-state index contributed by atoms with van der Waals surface area (Å²) in [6.45, 7) is 3.06. The Morgan fingerprint density at radius 1 is 1.06 bits per heavy atom. The van der Waals surface area contributed by atoms with Crippen LogP contribution < -0.4 is 14.5 Å². The molecule has 1 atom stereocenters. The van der Waals surface area contributed by atoms with Crippen LogP contribution in [0.25, 0.3) is 11.1 Å². The lowest BCUT2D eigenvalue weighted by Gasteiger charge is -2.34. The highest BCUT2D eigenvalue weighted by Gasteiger charge is 2.27. The molecular formula is C25H32N6O2. The van der Waals surface area contributed by atoms with E-state index in [9.17, 15) is 0 Å². The highest BCUT2D eigenvalue weighted by Crippen LogP contribution is 2.33. The van der Waals surface area contributed by atoms with Gasteiger partial charge in [-0.15, -0.1) is 0 Å². The number of anilines is 2. The normalized spacial score (nSPS) is 16.5. The van der Waals surface area contributed by atoms with Gasteiger partial charge >= 0.3 is 0 Å². The second-order valence-electron chi connectivity index (χ2n) is 8.57. The number of morpholine rings is 1. The van der Waals surface area contributed by atoms with Crippen LogP contribution in [0, 0.1) is 0 Å². The second kappa shape index (κ2) is 10.1. The molecule has 4 rings (SSSR count). The van der Waals surface area contributed by atoms with E-state index in [1.807, 2.05) is 75.8 Å². The van der Waals surface area contributed by atoms with Gasteiger partial charge in [0.25, 0.3) is 0 Å². The predicted molar refractivity (Wildman–Crippen MR) is 131 cm³/mol. The summed E-state index contributed by atoms with van der Waals surface area (Å²) in [6, 6.07) is 12.1. The summed E-state index contributed by atoms with van der Waals surface area (Å²) in [5.41, 5.74) is 4.13. The number of rotatable bonds is 7. The molecule has 174 valence electrons. The SMILES string of the molecule is COc1ccc(-c2cnc(N(C)C)nc2[C@H]2CN(Cc3cccnc3N(C)C)CCO2)cc1. The Kier molecular flexibility index (Phi) is 7.05. The highest BCUT2D eigenvalue weighted by molar-refractivity contribution is 5.67. The third-order valence-electron chi connectivity index (χ3n) is 5.75. The number of nitrogens with zero attached hydrogens (tertiary/aromatic N) is 6. The maximum Gasteiger partial charge on any atom is 0.225 e. The Morgan fingerprint density at radius 3 is 2.55 bits per heavy atom. The third kappa shape index (κ3) is 5.23. The summed E-state index contributed by atoms with van der Waals surface area (Å²) in [7, 11) is 9.62. The lowest BCUT2D eigenvalue weighted by molar-refractivity contribution is -0.0346. The highest BCUT2D eigenvalue weighted by atomic mass is 16.5. The number of hydrogen-bond acceptors (Lipinski definition) is 8. The van der Waals surface area contributed by atoms with E-state index >= 15 is 0 Å². The molecule has 1 fully saturated rings. The quantitative estimate of drug-likeness (QED) is 0.546. The topological polar surface area (TPSA) is 66.9 Å². The van der Waals surface area contributed by atoms with Crippen molar-refractivity contribution in [2.75, 3.05) is 64.8 Å². The molecule has 0 amide bonds. The molecule has 1 aromatic carbocycles. The minimum atomic E-state index is -0.156. The molecule has 0 radical (unpaired) electrons. The maximum atomic E-state index is 6.25. The Hall–Kier alpha value is -3.23. The van der Waals surface area contributed by atoms with E-state index in [0.717, 1.165) is 48.0 Å². The predicted octanol–water partition coefficient (Wildman–Crippen LogP) is 3.25. The van der Waals surface area contributed by atoms with Gasteiger partial charge < -0.3 is 19.3 Å². The summed E-state index contributed by atoms with van der Waals surface area (Å²) >= 11 is 0. The molecule has 0 saturated carbocycles. The van der Waals surface area contributed by atoms with Gasteiger partial charge in [-0.1, -0.05) is 18.2 Å². The van der Waals surface area contributed by atoms with E-state index in [2.05, 4.69) is 25.8 Å². The van der Waals surface area contributed by atoms with Crippen molar-refractivity contribution >= 4 is 11.8 Å². The molecule has 8 nitrogen and oxygen atoms in total. The molecule has 1 aliphatic heterocycles. The molecule has 8 heteroatoms. The van der Waals surface area contributed by atoms with Crippen molar-refractivity contribution in [3.8, 4) is 16.9 Å². The van der Waals surface area contributed by atoms with Gasteiger partial charge in [0, 0.05) is 71.3 Å². The van der Waals surface area contributed by atoms with Gasteiger partial charge in [0.1, 0.15) is 17.7 Å². The van der Waals surface area contributed by atoms with Crippen LogP contribution in [0.15, 0.2) is 48.8 Å². The zero-order valence-corrected chi connectivity index (χ0v) is 20.0. The molecule has 2 aromatic heterocycles. The molecule has 1 saturated heterocycles. The number of pyridine rings is 1. The fourth-order valence-electron chi connectivity index (χ4n) is 4.05. The van der Waals surface area contributed by atoms with Crippen molar-refractivity contribution in [1.82, 2.24) is 19.9 Å². The standard InChI is InChI=1S/C25H32N6O2/c1-29(2)24-19(7-6-12-26-24)16-31-13-14-33-22(17-31)23-21(15-27-25(28-23)30(3)4)18-8-10-20(32-5)11-9-18/h6-12,15,22H,13-14,16-17H2,1-5H3/t22-/m1/s1. The molecule has 3 heterocycles. The average molecular weight is 449 g/mol. The largest absolute Gasteiger partial charge is 0.497 e. The van der Waals surface area contributed by atoms with Gasteiger partial charge in [0.2, 0.25) is 5.95 Å². The summed E-state index contributed by atoms with van der Waals surface area (Å²) in [6.07, 6.45) is 3.58. The minimum Gasteiger partial charge on any atom is -0.497 e. The van der Waals surface area contributed by atoms with E-state index in [1.54, 1.807) is 7.11 Å². The van der Waals surface area contributed by atoms with Crippen molar-refractivity contribution in [2.24, 2.45) is 0 Å². The van der Waals surface area contributed by atoms with Crippen LogP contribution >= 0.6 is 0 Å². The van der Waals surface area contributed by atoms with Gasteiger partial charge in [-0.25, -0.2) is 15.0 Å². The zero-order valence-electron chi connectivity index (χ0n) is 20.0. The number of hydrogen-bond donors (Lipinski definition) is 0. The summed E-state index contributed by atoms with van der Waals surface area (Å²) in [5, 5.41) is 0. The van der Waals surface area contributed by atoms with E-state index in [0.29, 0.717) is 12.6 Å². The van der Waals surface area contributed by atoms with Gasteiger partial charge in [0.05, 0.1) is 19.4 Å². The lowest BCUT2D eigenvalue weighted by atomic mass is 10.0. The van der Waals surface area contributed by atoms with Crippen molar-refractivity contribution < 1.29 is 9.47 Å². The average Bonchev–Trinajstić information content (AvgIpc) is 2.84. The fourth-order valence-corrected chi connectivity index (χ4v) is 4.05. The van der Waals surface area contributed by atoms with E-state index in [4.69, 9.17) is 14.5 Å². The Bertz CT molecular complexity index is 1070. The summed E-state index contributed by atoms with van der Waals surface area (Å²) < 4.78 is 11.6. The molecule has 0 bridgehead atoms. The molecule has 3 aromatic rings. The van der Waals surface area contributed by atoms with Gasteiger partial charge in [0.15, 0.2) is 0 Å². The second-order valence-corrected chi connectivity index (χ2v) is 8.57. The molecule has 0 N–H and O–H groups in total. The smallest absolute Gasteiger partial charge is 0.225 e. The summed E-state index contributed by atoms with van der Waals surface area (Å²) in [4.78, 5) is 20.4. The Morgan fingerprint density at radius 2 is 1.85 bits per heavy atom. The van der Waals surface area contributed by atoms with Crippen LogP contribution in [-0.2, 0) is 11.3 Å². The first-order valence-electron chi connectivity index (χ1n) is 11.1. The van der Waals surface area contributed by atoms with Crippen LogP contribution in [0.1, 0.15) is 17.4 Å². The maximum absolute atomic E-state index is 6.25. The first-order valence-corrected chi connectivity index (χ1v) is 11.1. The van der Waals surface area contributed by atoms with Crippen LogP contribution in [0.4, 0.5) is 11.8 Å². The molecular weight excluding hydrogens is 416 g/mol. The van der Waals surface area contributed by atoms with E-state index in [1.165, 1.54) is 5.56 Å². The number of aromatic nitrogens is 3. The molecule has 0 aliphatic carbocycles. The van der Waals surface area contributed by atoms with E-state index in [-0.39, 0.29) is 6.10 Å². The van der Waals surface area contributed by atoms with Crippen LogP contribution in [0.3, 0.4) is 0 Å². The van der Waals surface area contributed by atoms with Gasteiger partial charge in [-0.05, 0) is 23.8 Å². The van der Waals surface area contributed by atoms with Crippen molar-refractivity contribution in [3.05, 3.63) is 60.0 Å². The monoisotopic (exact) mass is 448 g/mol. The first kappa shape index (κ1) is 22.9. The lowest BCUT2D eigenvalue weighted by Crippen LogP contribution is -2.38. The van der Waals surface area contributed by atoms with Crippen LogP contribution in [-0.4, -0.2) is 74.8 Å². The van der Waals surface area contributed by atoms with Crippen molar-refractivity contribution in [2.45, 2.75) is 12.6 Å². The number of ether oxygens (including phenoxy) is 2. The Labute approximate surface area is 195 Å². The van der Waals surface area contributed by atoms with Crippen LogP contribution in [0.5, 0.6) is 5.75 Å². The number of benzene rings is 1. The molecule has 0 spiro atoms. The minimum absolute atomic E-state index is 0.156. The van der Waals surface area contributed by atoms with Gasteiger partial charge in [-0.3, -0.25) is 4.90 Å². The first-order chi connectivity index (χ1) is 16.0. The van der Waals surface area contributed by atoms with E-state index < -0.39 is 0 Å².